The number of aliphatic hydroxyl groups excluding tert-OH is 1. The van der Waals surface area contributed by atoms with Crippen molar-refractivity contribution in [1.82, 2.24) is 9.38 Å². The van der Waals surface area contributed by atoms with Crippen LogP contribution >= 0.6 is 0 Å². The number of hydrogen-bond donors (Lipinski definition) is 2. The van der Waals surface area contributed by atoms with E-state index >= 15 is 0 Å². The van der Waals surface area contributed by atoms with Crippen LogP contribution in [0.25, 0.3) is 16.8 Å². The van der Waals surface area contributed by atoms with Gasteiger partial charge in [-0.25, -0.2) is 9.78 Å². The maximum atomic E-state index is 11.5. The molecular formula is C26H26N2O3. The molecule has 2 N–H and O–H groups in total. The van der Waals surface area contributed by atoms with Gasteiger partial charge in [0, 0.05) is 6.20 Å². The van der Waals surface area contributed by atoms with Crippen molar-refractivity contribution in [3.63, 3.8) is 0 Å². The largest absolute Gasteiger partial charge is 0.478 e. The van der Waals surface area contributed by atoms with Gasteiger partial charge in [0.25, 0.3) is 0 Å². The summed E-state index contributed by atoms with van der Waals surface area (Å²) in [6.45, 7) is 6.17. The molecule has 31 heavy (non-hydrogen) atoms. The number of fused-ring (bicyclic) bond motifs is 1. The molecule has 5 heteroatoms. The molecule has 0 spiro atoms. The van der Waals surface area contributed by atoms with E-state index in [1.54, 1.807) is 18.2 Å². The van der Waals surface area contributed by atoms with Crippen molar-refractivity contribution in [2.45, 2.75) is 39.7 Å². The number of pyridine rings is 1. The predicted molar refractivity (Wildman–Crippen MR) is 122 cm³/mol. The first kappa shape index (κ1) is 20.8. The van der Waals surface area contributed by atoms with E-state index in [-0.39, 0.29) is 5.56 Å². The molecule has 4 rings (SSSR count). The monoisotopic (exact) mass is 414 g/mol. The van der Waals surface area contributed by atoms with Crippen LogP contribution in [0.3, 0.4) is 0 Å². The van der Waals surface area contributed by atoms with E-state index < -0.39 is 12.1 Å². The molecule has 0 aliphatic heterocycles. The van der Waals surface area contributed by atoms with Crippen LogP contribution in [0.2, 0.25) is 0 Å². The van der Waals surface area contributed by atoms with Gasteiger partial charge in [-0.05, 0) is 54.2 Å². The summed E-state index contributed by atoms with van der Waals surface area (Å²) in [5.41, 5.74) is 7.23. The van der Waals surface area contributed by atoms with Gasteiger partial charge >= 0.3 is 5.97 Å². The molecule has 4 aromatic rings. The van der Waals surface area contributed by atoms with Crippen LogP contribution in [0.1, 0.15) is 57.9 Å². The summed E-state index contributed by atoms with van der Waals surface area (Å²) in [5.74, 6) is -0.958. The summed E-state index contributed by atoms with van der Waals surface area (Å²) in [6, 6.07) is 16.4. The number of benzene rings is 2. The van der Waals surface area contributed by atoms with E-state index in [1.807, 2.05) is 54.8 Å². The second-order valence-electron chi connectivity index (χ2n) is 7.95. The Morgan fingerprint density at radius 1 is 1.06 bits per heavy atom. The van der Waals surface area contributed by atoms with Crippen LogP contribution in [0.5, 0.6) is 0 Å². The fraction of sp³-hybridized carbons (Fsp3) is 0.231. The van der Waals surface area contributed by atoms with Crippen molar-refractivity contribution in [2.24, 2.45) is 0 Å². The average Bonchev–Trinajstić information content (AvgIpc) is 3.18. The van der Waals surface area contributed by atoms with Crippen molar-refractivity contribution in [3.05, 3.63) is 94.4 Å². The second-order valence-corrected chi connectivity index (χ2v) is 7.95. The molecule has 2 aromatic heterocycles. The lowest BCUT2D eigenvalue weighted by molar-refractivity contribution is 0.0697. The van der Waals surface area contributed by atoms with Crippen LogP contribution in [-0.2, 0) is 6.42 Å². The summed E-state index contributed by atoms with van der Waals surface area (Å²) in [5, 5.41) is 20.7. The Labute approximate surface area is 181 Å². The fourth-order valence-corrected chi connectivity index (χ4v) is 4.19. The van der Waals surface area contributed by atoms with Crippen molar-refractivity contribution in [2.75, 3.05) is 0 Å². The molecule has 0 fully saturated rings. The highest BCUT2D eigenvalue weighted by atomic mass is 16.4. The number of aromatic carboxylic acids is 1. The van der Waals surface area contributed by atoms with Gasteiger partial charge in [0.05, 0.1) is 17.0 Å². The van der Waals surface area contributed by atoms with E-state index in [9.17, 15) is 15.0 Å². The molecule has 0 aliphatic rings. The van der Waals surface area contributed by atoms with Crippen LogP contribution in [-0.4, -0.2) is 25.6 Å². The van der Waals surface area contributed by atoms with Gasteiger partial charge in [0.15, 0.2) is 0 Å². The van der Waals surface area contributed by atoms with Crippen LogP contribution in [0, 0.1) is 13.8 Å². The molecule has 0 radical (unpaired) electrons. The number of nitrogens with zero attached hydrogens (tertiary/aromatic N) is 2. The van der Waals surface area contributed by atoms with Gasteiger partial charge in [-0.1, -0.05) is 61.9 Å². The lowest BCUT2D eigenvalue weighted by Crippen LogP contribution is -2.09. The molecule has 2 aromatic carbocycles. The minimum absolute atomic E-state index is 0.258. The van der Waals surface area contributed by atoms with E-state index in [0.29, 0.717) is 5.56 Å². The molecule has 0 saturated carbocycles. The third-order valence-corrected chi connectivity index (χ3v) is 5.67. The van der Waals surface area contributed by atoms with E-state index in [4.69, 9.17) is 4.98 Å². The molecule has 5 nitrogen and oxygen atoms in total. The molecule has 1 atom stereocenters. The number of carbonyl (C=O) groups is 1. The molecular weight excluding hydrogens is 388 g/mol. The first-order valence-corrected chi connectivity index (χ1v) is 10.5. The molecule has 0 saturated heterocycles. The SMILES string of the molecule is CCCc1cn2c([C@H](O)c3ccc(-c4ccccc4C(=O)O)cc3)c(C)cc(C)c2n1. The minimum Gasteiger partial charge on any atom is -0.478 e. The second kappa shape index (κ2) is 8.36. The van der Waals surface area contributed by atoms with Crippen molar-refractivity contribution in [3.8, 4) is 11.1 Å². The maximum absolute atomic E-state index is 11.5. The quantitative estimate of drug-likeness (QED) is 0.446. The number of carboxylic acids is 1. The van der Waals surface area contributed by atoms with Gasteiger partial charge in [-0.2, -0.15) is 0 Å². The fourth-order valence-electron chi connectivity index (χ4n) is 4.19. The standard InChI is InChI=1S/C26H26N2O3/c1-4-7-20-15-28-23(16(2)14-17(3)25(28)27-20)24(29)19-12-10-18(11-13-19)21-8-5-6-9-22(21)26(30)31/h5-6,8-15,24,29H,4,7H2,1-3H3,(H,30,31)/t24-/m1/s1. The van der Waals surface area contributed by atoms with Crippen molar-refractivity contribution in [1.29, 1.82) is 0 Å². The highest BCUT2D eigenvalue weighted by Gasteiger charge is 2.20. The van der Waals surface area contributed by atoms with Crippen LogP contribution in [0.4, 0.5) is 0 Å². The van der Waals surface area contributed by atoms with E-state index in [0.717, 1.165) is 52.1 Å². The van der Waals surface area contributed by atoms with Crippen molar-refractivity contribution < 1.29 is 15.0 Å². The van der Waals surface area contributed by atoms with Crippen molar-refractivity contribution >= 4 is 11.6 Å². The van der Waals surface area contributed by atoms with Crippen LogP contribution in [0.15, 0.2) is 60.8 Å². The number of aromatic nitrogens is 2. The Hall–Kier alpha value is -3.44. The number of hydrogen-bond acceptors (Lipinski definition) is 3. The Morgan fingerprint density at radius 3 is 2.45 bits per heavy atom. The third kappa shape index (κ3) is 3.84. The Kier molecular flexibility index (Phi) is 5.61. The Bertz CT molecular complexity index is 1260. The Balaban J connectivity index is 1.75. The lowest BCUT2D eigenvalue weighted by atomic mass is 9.96. The molecule has 2 heterocycles. The lowest BCUT2D eigenvalue weighted by Gasteiger charge is -2.18. The molecule has 0 unspecified atom stereocenters. The van der Waals surface area contributed by atoms with E-state index in [2.05, 4.69) is 13.0 Å². The normalized spacial score (nSPS) is 12.3. The molecule has 158 valence electrons. The van der Waals surface area contributed by atoms with Gasteiger partial charge in [0.1, 0.15) is 11.8 Å². The number of imidazole rings is 1. The number of rotatable bonds is 6. The van der Waals surface area contributed by atoms with Gasteiger partial charge in [-0.15, -0.1) is 0 Å². The molecule has 0 bridgehead atoms. The number of aryl methyl sites for hydroxylation is 3. The molecule has 0 amide bonds. The highest BCUT2D eigenvalue weighted by molar-refractivity contribution is 5.96. The van der Waals surface area contributed by atoms with Gasteiger partial charge in [-0.3, -0.25) is 0 Å². The predicted octanol–water partition coefficient (Wildman–Crippen LogP) is 5.35. The summed E-state index contributed by atoms with van der Waals surface area (Å²) in [7, 11) is 0. The smallest absolute Gasteiger partial charge is 0.336 e. The number of carboxylic acid groups (broad SMARTS) is 1. The number of aliphatic hydroxyl groups is 1. The summed E-state index contributed by atoms with van der Waals surface area (Å²) in [6.07, 6.45) is 3.11. The van der Waals surface area contributed by atoms with Crippen LogP contribution < -0.4 is 0 Å². The molecule has 0 aliphatic carbocycles. The van der Waals surface area contributed by atoms with Gasteiger partial charge < -0.3 is 14.6 Å². The Morgan fingerprint density at radius 2 is 1.77 bits per heavy atom. The zero-order valence-corrected chi connectivity index (χ0v) is 18.0. The zero-order chi connectivity index (χ0) is 22.1. The first-order valence-electron chi connectivity index (χ1n) is 10.5. The minimum atomic E-state index is -0.958. The third-order valence-electron chi connectivity index (χ3n) is 5.67. The average molecular weight is 415 g/mol. The van der Waals surface area contributed by atoms with E-state index in [1.165, 1.54) is 0 Å². The summed E-state index contributed by atoms with van der Waals surface area (Å²) >= 11 is 0. The summed E-state index contributed by atoms with van der Waals surface area (Å²) in [4.78, 5) is 16.3. The van der Waals surface area contributed by atoms with Gasteiger partial charge in [0.2, 0.25) is 0 Å². The first-order chi connectivity index (χ1) is 14.9. The zero-order valence-electron chi connectivity index (χ0n) is 18.0. The summed E-state index contributed by atoms with van der Waals surface area (Å²) < 4.78 is 2.01. The topological polar surface area (TPSA) is 74.8 Å². The highest BCUT2D eigenvalue weighted by Crippen LogP contribution is 2.30. The maximum Gasteiger partial charge on any atom is 0.336 e.